The van der Waals surface area contributed by atoms with Gasteiger partial charge in [-0.25, -0.2) is 9.67 Å². The molecule has 0 aliphatic carbocycles. The van der Waals surface area contributed by atoms with E-state index in [1.807, 2.05) is 49.4 Å². The molecule has 8 nitrogen and oxygen atoms in total. The van der Waals surface area contributed by atoms with Gasteiger partial charge in [-0.15, -0.1) is 0 Å². The van der Waals surface area contributed by atoms with Crippen molar-refractivity contribution in [2.45, 2.75) is 13.0 Å². The summed E-state index contributed by atoms with van der Waals surface area (Å²) in [6, 6.07) is 16.6. The van der Waals surface area contributed by atoms with Crippen molar-refractivity contribution in [2.75, 3.05) is 20.2 Å². The molecule has 0 spiro atoms. The number of likely N-dealkylation sites (N-methyl/N-ethyl adjacent to an activating group) is 1. The van der Waals surface area contributed by atoms with Crippen molar-refractivity contribution in [3.63, 3.8) is 0 Å². The zero-order chi connectivity index (χ0) is 20.6. The highest BCUT2D eigenvalue weighted by molar-refractivity contribution is 5.85. The lowest BCUT2D eigenvalue weighted by Crippen LogP contribution is -2.40. The number of rotatable bonds is 8. The summed E-state index contributed by atoms with van der Waals surface area (Å²) in [4.78, 5) is 29.9. The van der Waals surface area contributed by atoms with Gasteiger partial charge < -0.3 is 15.0 Å². The number of hydrogen-bond donors (Lipinski definition) is 1. The van der Waals surface area contributed by atoms with Gasteiger partial charge in [0.15, 0.2) is 6.61 Å². The number of hydrogen-bond acceptors (Lipinski definition) is 5. The Morgan fingerprint density at radius 1 is 1.14 bits per heavy atom. The van der Waals surface area contributed by atoms with Gasteiger partial charge in [-0.3, -0.25) is 9.59 Å². The van der Waals surface area contributed by atoms with Crippen LogP contribution in [0.1, 0.15) is 18.5 Å². The predicted octanol–water partition coefficient (Wildman–Crippen LogP) is 1.98. The highest BCUT2D eigenvalue weighted by Crippen LogP contribution is 2.20. The van der Waals surface area contributed by atoms with Gasteiger partial charge in [-0.1, -0.05) is 30.3 Å². The molecular weight excluding hydrogens is 370 g/mol. The zero-order valence-corrected chi connectivity index (χ0v) is 16.4. The number of amides is 2. The molecule has 3 aromatic rings. The molecule has 2 aromatic carbocycles. The summed E-state index contributed by atoms with van der Waals surface area (Å²) in [5.74, 6) is 0.0698. The molecule has 0 saturated carbocycles. The van der Waals surface area contributed by atoms with E-state index >= 15 is 0 Å². The Kier molecular flexibility index (Phi) is 6.57. The minimum Gasteiger partial charge on any atom is -0.484 e. The van der Waals surface area contributed by atoms with Gasteiger partial charge in [-0.2, -0.15) is 5.10 Å². The average molecular weight is 393 g/mol. The molecule has 3 rings (SSSR count). The number of carbonyl (C=O) groups is 2. The van der Waals surface area contributed by atoms with E-state index in [0.29, 0.717) is 5.75 Å². The summed E-state index contributed by atoms with van der Waals surface area (Å²) in [7, 11) is 1.71. The van der Waals surface area contributed by atoms with E-state index in [-0.39, 0.29) is 31.0 Å². The molecule has 150 valence electrons. The molecule has 2 amide bonds. The van der Waals surface area contributed by atoms with Crippen LogP contribution in [0.25, 0.3) is 5.69 Å². The van der Waals surface area contributed by atoms with Crippen LogP contribution in [0.15, 0.2) is 67.3 Å². The maximum atomic E-state index is 12.4. The quantitative estimate of drug-likeness (QED) is 0.632. The first-order valence-electron chi connectivity index (χ1n) is 9.20. The molecule has 8 heteroatoms. The van der Waals surface area contributed by atoms with Crippen LogP contribution < -0.4 is 10.1 Å². The van der Waals surface area contributed by atoms with Gasteiger partial charge in [0.25, 0.3) is 5.91 Å². The highest BCUT2D eigenvalue weighted by Gasteiger charge is 2.18. The fraction of sp³-hybridized carbons (Fsp3) is 0.238. The number of ether oxygens (including phenoxy) is 1. The average Bonchev–Trinajstić information content (AvgIpc) is 3.31. The lowest BCUT2D eigenvalue weighted by molar-refractivity contribution is -0.133. The molecular formula is C21H23N5O3. The van der Waals surface area contributed by atoms with Gasteiger partial charge in [0, 0.05) is 7.05 Å². The number of carbonyl (C=O) groups excluding carboxylic acids is 2. The van der Waals surface area contributed by atoms with Gasteiger partial charge in [-0.05, 0) is 36.8 Å². The van der Waals surface area contributed by atoms with Gasteiger partial charge in [0.05, 0.1) is 18.3 Å². The molecule has 0 bridgehead atoms. The van der Waals surface area contributed by atoms with Crippen molar-refractivity contribution in [3.05, 3.63) is 72.8 Å². The van der Waals surface area contributed by atoms with Crippen LogP contribution in [0.2, 0.25) is 0 Å². The molecule has 0 saturated heterocycles. The second kappa shape index (κ2) is 9.50. The Morgan fingerprint density at radius 3 is 2.52 bits per heavy atom. The Balaban J connectivity index is 1.48. The van der Waals surface area contributed by atoms with Crippen LogP contribution in [0.4, 0.5) is 0 Å². The lowest BCUT2D eigenvalue weighted by atomic mass is 10.1. The summed E-state index contributed by atoms with van der Waals surface area (Å²) >= 11 is 0. The van der Waals surface area contributed by atoms with Crippen LogP contribution in [0.3, 0.4) is 0 Å². The predicted molar refractivity (Wildman–Crippen MR) is 107 cm³/mol. The first-order chi connectivity index (χ1) is 14.0. The van der Waals surface area contributed by atoms with Crippen LogP contribution in [0, 0.1) is 0 Å². The van der Waals surface area contributed by atoms with E-state index < -0.39 is 0 Å². The van der Waals surface area contributed by atoms with E-state index in [1.165, 1.54) is 6.33 Å². The van der Waals surface area contributed by atoms with E-state index in [2.05, 4.69) is 15.4 Å². The van der Waals surface area contributed by atoms with Crippen molar-refractivity contribution < 1.29 is 14.3 Å². The van der Waals surface area contributed by atoms with Crippen LogP contribution in [-0.4, -0.2) is 51.7 Å². The van der Waals surface area contributed by atoms with Gasteiger partial charge >= 0.3 is 0 Å². The van der Waals surface area contributed by atoms with Crippen molar-refractivity contribution in [2.24, 2.45) is 0 Å². The lowest BCUT2D eigenvalue weighted by Gasteiger charge is -2.25. The van der Waals surface area contributed by atoms with Crippen molar-refractivity contribution >= 4 is 11.8 Å². The molecule has 1 aromatic heterocycles. The third kappa shape index (κ3) is 5.41. The molecule has 0 unspecified atom stereocenters. The Morgan fingerprint density at radius 2 is 1.86 bits per heavy atom. The Bertz CT molecular complexity index is 927. The number of nitrogens with one attached hydrogen (secondary N) is 1. The summed E-state index contributed by atoms with van der Waals surface area (Å²) in [6.07, 6.45) is 3.10. The largest absolute Gasteiger partial charge is 0.484 e. The summed E-state index contributed by atoms with van der Waals surface area (Å²) < 4.78 is 7.03. The minimum atomic E-state index is -0.347. The molecule has 0 aliphatic heterocycles. The maximum absolute atomic E-state index is 12.4. The second-order valence-corrected chi connectivity index (χ2v) is 6.49. The monoisotopic (exact) mass is 393 g/mol. The summed E-state index contributed by atoms with van der Waals surface area (Å²) in [6.45, 7) is 1.71. The molecule has 29 heavy (non-hydrogen) atoms. The smallest absolute Gasteiger partial charge is 0.258 e. The highest BCUT2D eigenvalue weighted by atomic mass is 16.5. The number of nitrogens with zero attached hydrogens (tertiary/aromatic N) is 4. The first-order valence-corrected chi connectivity index (χ1v) is 9.20. The molecule has 0 aliphatic rings. The maximum Gasteiger partial charge on any atom is 0.258 e. The topological polar surface area (TPSA) is 89.4 Å². The fourth-order valence-corrected chi connectivity index (χ4v) is 2.70. The van der Waals surface area contributed by atoms with Crippen LogP contribution >= 0.6 is 0 Å². The molecule has 1 atom stereocenters. The third-order valence-electron chi connectivity index (χ3n) is 4.58. The number of benzene rings is 2. The fourth-order valence-electron chi connectivity index (χ4n) is 2.70. The molecule has 1 heterocycles. The summed E-state index contributed by atoms with van der Waals surface area (Å²) in [5.41, 5.74) is 1.86. The normalized spacial score (nSPS) is 11.5. The zero-order valence-electron chi connectivity index (χ0n) is 16.4. The van der Waals surface area contributed by atoms with Crippen molar-refractivity contribution in [3.8, 4) is 11.4 Å². The van der Waals surface area contributed by atoms with Crippen LogP contribution in [-0.2, 0) is 9.59 Å². The number of para-hydroxylation sites is 1. The van der Waals surface area contributed by atoms with Gasteiger partial charge in [0.1, 0.15) is 18.4 Å². The van der Waals surface area contributed by atoms with Crippen molar-refractivity contribution in [1.82, 2.24) is 25.0 Å². The Hall–Kier alpha value is -3.68. The van der Waals surface area contributed by atoms with E-state index in [4.69, 9.17) is 4.74 Å². The summed E-state index contributed by atoms with van der Waals surface area (Å²) in [5, 5.41) is 6.68. The molecule has 1 N–H and O–H groups in total. The van der Waals surface area contributed by atoms with E-state index in [0.717, 1.165) is 11.3 Å². The second-order valence-electron chi connectivity index (χ2n) is 6.49. The Labute approximate surface area is 169 Å². The van der Waals surface area contributed by atoms with E-state index in [1.54, 1.807) is 35.1 Å². The molecule has 0 fully saturated rings. The standard InChI is InChI=1S/C21H23N5O3/c1-16(17-8-10-18(11-9-17)26-15-22-14-24-26)25(2)21(28)12-23-20(27)13-29-19-6-4-3-5-7-19/h3-11,14-16H,12-13H2,1-2H3,(H,23,27)/t16-/m1/s1. The molecule has 0 radical (unpaired) electrons. The van der Waals surface area contributed by atoms with Crippen molar-refractivity contribution in [1.29, 1.82) is 0 Å². The van der Waals surface area contributed by atoms with Gasteiger partial charge in [0.2, 0.25) is 5.91 Å². The first kappa shape index (κ1) is 20.1. The number of aromatic nitrogens is 3. The third-order valence-corrected chi connectivity index (χ3v) is 4.58. The minimum absolute atomic E-state index is 0.0884. The SMILES string of the molecule is C[C@H](c1ccc(-n2cncn2)cc1)N(C)C(=O)CNC(=O)COc1ccccc1. The van der Waals surface area contributed by atoms with Crippen LogP contribution in [0.5, 0.6) is 5.75 Å². The van der Waals surface area contributed by atoms with E-state index in [9.17, 15) is 9.59 Å².